The summed E-state index contributed by atoms with van der Waals surface area (Å²) >= 11 is 0. The third-order valence-corrected chi connectivity index (χ3v) is 1.65. The van der Waals surface area contributed by atoms with E-state index in [0.29, 0.717) is 6.04 Å². The third kappa shape index (κ3) is 4.58. The molecule has 4 radical (unpaired) electrons. The van der Waals surface area contributed by atoms with Crippen molar-refractivity contribution in [1.82, 2.24) is 0 Å². The molecule has 0 spiro atoms. The first kappa shape index (κ1) is 9.09. The van der Waals surface area contributed by atoms with E-state index in [9.17, 15) is 0 Å². The van der Waals surface area contributed by atoms with E-state index in [4.69, 9.17) is 5.73 Å². The molecule has 1 fully saturated rings. The minimum Gasteiger partial charge on any atom is -0.328 e. The number of nitrogens with two attached hydrogens (primary N) is 1. The molecule has 1 nitrogen and oxygen atoms in total. The molecule has 0 aromatic rings. The number of hydrogen-bond donors (Lipinski definition) is 1. The molecule has 9 heavy (non-hydrogen) atoms. The molecule has 0 bridgehead atoms. The van der Waals surface area contributed by atoms with Gasteiger partial charge in [0.1, 0.15) is 0 Å². The molecule has 1 aliphatic rings. The standard InChI is InChI=1S/C6H13N.B2/c7-6-4-2-1-3-5-6;1-2/h6H,1-5,7H2;. The van der Waals surface area contributed by atoms with Gasteiger partial charge in [0, 0.05) is 21.5 Å². The summed E-state index contributed by atoms with van der Waals surface area (Å²) in [7, 11) is 8.00. The minimum atomic E-state index is 0.536. The summed E-state index contributed by atoms with van der Waals surface area (Å²) in [6.07, 6.45) is 6.66. The maximum Gasteiger partial charge on any atom is 0.00388 e. The fraction of sp³-hybridized carbons (Fsp3) is 1.00. The Bertz CT molecular complexity index is 53.0. The Kier molecular flexibility index (Phi) is 6.28. The summed E-state index contributed by atoms with van der Waals surface area (Å²) in [5.41, 5.74) is 5.63. The van der Waals surface area contributed by atoms with Gasteiger partial charge in [0.25, 0.3) is 0 Å². The van der Waals surface area contributed by atoms with Crippen LogP contribution in [0.4, 0.5) is 0 Å². The second kappa shape index (κ2) is 6.21. The van der Waals surface area contributed by atoms with Gasteiger partial charge in [-0.05, 0) is 12.8 Å². The molecule has 1 aliphatic carbocycles. The first-order chi connectivity index (χ1) is 4.39. The van der Waals surface area contributed by atoms with Crippen LogP contribution in [-0.4, -0.2) is 21.5 Å². The van der Waals surface area contributed by atoms with Crippen molar-refractivity contribution >= 4 is 15.5 Å². The van der Waals surface area contributed by atoms with Crippen LogP contribution >= 0.6 is 0 Å². The largest absolute Gasteiger partial charge is 0.328 e. The highest BCUT2D eigenvalue weighted by Gasteiger charge is 2.06. The predicted octanol–water partition coefficient (Wildman–Crippen LogP) is 0.516. The van der Waals surface area contributed by atoms with E-state index < -0.39 is 0 Å². The van der Waals surface area contributed by atoms with Gasteiger partial charge < -0.3 is 5.73 Å². The first-order valence-electron chi connectivity index (χ1n) is 3.48. The van der Waals surface area contributed by atoms with Crippen LogP contribution in [0, 0.1) is 0 Å². The van der Waals surface area contributed by atoms with E-state index in [1.165, 1.54) is 32.1 Å². The topological polar surface area (TPSA) is 26.0 Å². The lowest BCUT2D eigenvalue weighted by Crippen LogP contribution is -2.22. The van der Waals surface area contributed by atoms with Gasteiger partial charge in [0.05, 0.1) is 0 Å². The van der Waals surface area contributed by atoms with E-state index in [0.717, 1.165) is 0 Å². The summed E-state index contributed by atoms with van der Waals surface area (Å²) in [6.45, 7) is 0. The van der Waals surface area contributed by atoms with Gasteiger partial charge in [-0.25, -0.2) is 0 Å². The number of rotatable bonds is 0. The van der Waals surface area contributed by atoms with Gasteiger partial charge in [0.2, 0.25) is 0 Å². The molecule has 3 heteroatoms. The molecule has 0 amide bonds. The maximum absolute atomic E-state index is 5.63. The zero-order chi connectivity index (χ0) is 7.11. The Labute approximate surface area is 60.2 Å². The van der Waals surface area contributed by atoms with Gasteiger partial charge in [0.15, 0.2) is 0 Å². The lowest BCUT2D eigenvalue weighted by Gasteiger charge is -2.15. The molecule has 48 valence electrons. The van der Waals surface area contributed by atoms with Crippen LogP contribution < -0.4 is 5.73 Å². The Morgan fingerprint density at radius 3 is 1.67 bits per heavy atom. The molecular weight excluding hydrogens is 108 g/mol. The SMILES string of the molecule is NC1CCCCC1.[B][B]. The summed E-state index contributed by atoms with van der Waals surface area (Å²) in [4.78, 5) is 0. The third-order valence-electron chi connectivity index (χ3n) is 1.65. The van der Waals surface area contributed by atoms with Gasteiger partial charge in [-0.1, -0.05) is 19.3 Å². The van der Waals surface area contributed by atoms with E-state index in [2.05, 4.69) is 15.5 Å². The summed E-state index contributed by atoms with van der Waals surface area (Å²) in [6, 6.07) is 0.536. The van der Waals surface area contributed by atoms with Gasteiger partial charge in [-0.2, -0.15) is 0 Å². The fourth-order valence-electron chi connectivity index (χ4n) is 1.13. The van der Waals surface area contributed by atoms with Crippen LogP contribution in [0.1, 0.15) is 32.1 Å². The second-order valence-corrected chi connectivity index (χ2v) is 2.40. The maximum atomic E-state index is 5.63. The van der Waals surface area contributed by atoms with E-state index in [1.807, 2.05) is 0 Å². The van der Waals surface area contributed by atoms with Crippen molar-refractivity contribution in [2.45, 2.75) is 38.1 Å². The molecule has 0 unspecified atom stereocenters. The van der Waals surface area contributed by atoms with Gasteiger partial charge in [-0.3, -0.25) is 0 Å². The van der Waals surface area contributed by atoms with Gasteiger partial charge in [-0.15, -0.1) is 0 Å². The highest BCUT2D eigenvalue weighted by molar-refractivity contribution is 6.75. The van der Waals surface area contributed by atoms with Crippen LogP contribution in [-0.2, 0) is 0 Å². The molecule has 2 N–H and O–H groups in total. The smallest absolute Gasteiger partial charge is 0.00388 e. The molecule has 1 rings (SSSR count). The molecule has 0 saturated heterocycles. The number of hydrogen-bond acceptors (Lipinski definition) is 1. The Morgan fingerprint density at radius 2 is 1.44 bits per heavy atom. The van der Waals surface area contributed by atoms with Crippen molar-refractivity contribution in [3.63, 3.8) is 0 Å². The summed E-state index contributed by atoms with van der Waals surface area (Å²) in [5, 5.41) is 0. The highest BCUT2D eigenvalue weighted by atomic mass is 14.6. The first-order valence-corrected chi connectivity index (χ1v) is 3.48. The summed E-state index contributed by atoms with van der Waals surface area (Å²) in [5.74, 6) is 0. The highest BCUT2D eigenvalue weighted by Crippen LogP contribution is 2.14. The Hall–Kier alpha value is 0.0899. The van der Waals surface area contributed by atoms with Crippen LogP contribution in [0.15, 0.2) is 0 Å². The van der Waals surface area contributed by atoms with E-state index in [-0.39, 0.29) is 0 Å². The van der Waals surface area contributed by atoms with Crippen molar-refractivity contribution < 1.29 is 0 Å². The molecule has 0 aliphatic heterocycles. The average molecular weight is 121 g/mol. The van der Waals surface area contributed by atoms with Gasteiger partial charge >= 0.3 is 0 Å². The van der Waals surface area contributed by atoms with Crippen molar-refractivity contribution in [2.24, 2.45) is 5.73 Å². The summed E-state index contributed by atoms with van der Waals surface area (Å²) < 4.78 is 0. The van der Waals surface area contributed by atoms with Crippen molar-refractivity contribution in [1.29, 1.82) is 0 Å². The Balaban J connectivity index is 0.000000291. The predicted molar refractivity (Wildman–Crippen MR) is 42.6 cm³/mol. The van der Waals surface area contributed by atoms with Crippen LogP contribution in [0.5, 0.6) is 0 Å². The van der Waals surface area contributed by atoms with Crippen molar-refractivity contribution in [3.8, 4) is 0 Å². The zero-order valence-electron chi connectivity index (χ0n) is 5.84. The van der Waals surface area contributed by atoms with E-state index in [1.54, 1.807) is 0 Å². The van der Waals surface area contributed by atoms with Crippen molar-refractivity contribution in [3.05, 3.63) is 0 Å². The monoisotopic (exact) mass is 121 g/mol. The molecule has 1 saturated carbocycles. The second-order valence-electron chi connectivity index (χ2n) is 2.40. The van der Waals surface area contributed by atoms with E-state index >= 15 is 0 Å². The lowest BCUT2D eigenvalue weighted by atomic mass is 9.81. The molecule has 0 aromatic heterocycles. The quantitative estimate of drug-likeness (QED) is 0.464. The zero-order valence-corrected chi connectivity index (χ0v) is 5.84. The van der Waals surface area contributed by atoms with Crippen LogP contribution in [0.2, 0.25) is 0 Å². The molecular formula is C6H13B2N. The fourth-order valence-corrected chi connectivity index (χ4v) is 1.13. The lowest BCUT2D eigenvalue weighted by molar-refractivity contribution is 0.441. The molecule has 0 heterocycles. The normalized spacial score (nSPS) is 20.1. The van der Waals surface area contributed by atoms with Crippen molar-refractivity contribution in [2.75, 3.05) is 0 Å². The van der Waals surface area contributed by atoms with Crippen LogP contribution in [0.3, 0.4) is 0 Å². The average Bonchev–Trinajstić information content (AvgIpc) is 1.94. The molecule has 0 aromatic carbocycles. The Morgan fingerprint density at radius 1 is 1.00 bits per heavy atom. The molecule has 0 atom stereocenters. The minimum absolute atomic E-state index is 0.536. The van der Waals surface area contributed by atoms with Crippen LogP contribution in [0.25, 0.3) is 0 Å².